The lowest BCUT2D eigenvalue weighted by Gasteiger charge is -2.27. The fourth-order valence-corrected chi connectivity index (χ4v) is 5.88. The number of imidazole rings is 1. The average molecular weight is 532 g/mol. The Hall–Kier alpha value is -3.38. The largest absolute Gasteiger partial charge is 0.382 e. The molecule has 2 aromatic heterocycles. The summed E-state index contributed by atoms with van der Waals surface area (Å²) in [7, 11) is -3.67. The molecule has 0 saturated heterocycles. The third-order valence-corrected chi connectivity index (χ3v) is 7.34. The normalized spacial score (nSPS) is 14.8. The van der Waals surface area contributed by atoms with Crippen molar-refractivity contribution in [3.05, 3.63) is 41.7 Å². The van der Waals surface area contributed by atoms with Crippen LogP contribution in [0, 0.1) is 0 Å². The molecule has 13 nitrogen and oxygen atoms in total. The van der Waals surface area contributed by atoms with E-state index >= 15 is 0 Å². The lowest BCUT2D eigenvalue weighted by Crippen LogP contribution is -2.40. The molecule has 0 spiro atoms. The van der Waals surface area contributed by atoms with Crippen LogP contribution in [0.25, 0.3) is 11.2 Å². The highest BCUT2D eigenvalue weighted by Crippen LogP contribution is 2.50. The van der Waals surface area contributed by atoms with Gasteiger partial charge in [-0.25, -0.2) is 4.98 Å². The molecule has 198 valence electrons. The maximum absolute atomic E-state index is 13.4. The van der Waals surface area contributed by atoms with Crippen LogP contribution in [-0.4, -0.2) is 67.4 Å². The third kappa shape index (κ3) is 5.80. The summed E-state index contributed by atoms with van der Waals surface area (Å²) in [5.41, 5.74) is 13.0. The molecule has 1 atom stereocenters. The van der Waals surface area contributed by atoms with Gasteiger partial charge in [-0.2, -0.15) is 9.97 Å². The first-order valence-electron chi connectivity index (χ1n) is 11.7. The minimum atomic E-state index is -3.67. The van der Waals surface area contributed by atoms with Crippen molar-refractivity contribution in [3.63, 3.8) is 0 Å². The van der Waals surface area contributed by atoms with E-state index in [1.54, 1.807) is 56.5 Å². The molecule has 4 rings (SSSR count). The summed E-state index contributed by atoms with van der Waals surface area (Å²) >= 11 is 0. The summed E-state index contributed by atoms with van der Waals surface area (Å²) in [5.74, 6) is -0.815. The Labute approximate surface area is 213 Å². The van der Waals surface area contributed by atoms with E-state index in [0.717, 1.165) is 4.90 Å². The summed E-state index contributed by atoms with van der Waals surface area (Å²) in [6, 6.07) is 6.57. The highest BCUT2D eigenvalue weighted by atomic mass is 31.2. The number of imide groups is 1. The zero-order chi connectivity index (χ0) is 26.9. The summed E-state index contributed by atoms with van der Waals surface area (Å²) in [4.78, 5) is 39.5. The van der Waals surface area contributed by atoms with Crippen LogP contribution in [0.5, 0.6) is 0 Å². The molecule has 1 aliphatic heterocycles. The van der Waals surface area contributed by atoms with Crippen LogP contribution in [0.4, 0.5) is 11.8 Å². The Kier molecular flexibility index (Phi) is 7.60. The monoisotopic (exact) mass is 531 g/mol. The molecular formula is C23H30N7O6P. The summed E-state index contributed by atoms with van der Waals surface area (Å²) in [6.45, 7) is 6.88. The van der Waals surface area contributed by atoms with Crippen LogP contribution in [0.15, 0.2) is 30.6 Å². The number of ether oxygens (including phenoxy) is 1. The average Bonchev–Trinajstić information content (AvgIpc) is 3.31. The number of nitrogen functional groups attached to an aromatic ring is 2. The molecule has 1 aromatic carbocycles. The second kappa shape index (κ2) is 10.5. The van der Waals surface area contributed by atoms with Gasteiger partial charge in [0.05, 0.1) is 48.9 Å². The zero-order valence-electron chi connectivity index (χ0n) is 21.0. The van der Waals surface area contributed by atoms with Gasteiger partial charge in [-0.15, -0.1) is 0 Å². The highest BCUT2D eigenvalue weighted by molar-refractivity contribution is 7.53. The van der Waals surface area contributed by atoms with E-state index in [1.807, 2.05) is 0 Å². The first-order chi connectivity index (χ1) is 17.5. The SMILES string of the molecule is CC(C)OP(=O)(COC(CN1C(=O)c2ccccc2C1=O)Cn1cnc2c(N)nc(N)nc21)OC(C)C. The molecule has 2 amide bonds. The van der Waals surface area contributed by atoms with Crippen LogP contribution in [0.2, 0.25) is 0 Å². The van der Waals surface area contributed by atoms with Crippen LogP contribution >= 0.6 is 7.60 Å². The predicted octanol–water partition coefficient (Wildman–Crippen LogP) is 2.67. The van der Waals surface area contributed by atoms with Crippen molar-refractivity contribution in [3.8, 4) is 0 Å². The standard InChI is InChI=1S/C23H30N7O6P/c1-13(2)35-37(33,36-14(3)4)12-34-15(9-29-11-26-18-19(24)27-23(25)28-20(18)29)10-30-21(31)16-7-5-6-8-17(16)22(30)32/h5-8,11,13-15H,9-10,12H2,1-4H3,(H4,24,25,27,28). The van der Waals surface area contributed by atoms with E-state index in [9.17, 15) is 14.2 Å². The van der Waals surface area contributed by atoms with Crippen LogP contribution in [0.1, 0.15) is 48.4 Å². The Morgan fingerprint density at radius 2 is 1.54 bits per heavy atom. The predicted molar refractivity (Wildman–Crippen MR) is 136 cm³/mol. The highest BCUT2D eigenvalue weighted by Gasteiger charge is 2.38. The summed E-state index contributed by atoms with van der Waals surface area (Å²) < 4.78 is 32.2. The number of hydrogen-bond acceptors (Lipinski definition) is 11. The Balaban J connectivity index is 1.63. The third-order valence-electron chi connectivity index (χ3n) is 5.38. The molecule has 0 saturated carbocycles. The summed E-state index contributed by atoms with van der Waals surface area (Å²) in [5, 5.41) is 0. The zero-order valence-corrected chi connectivity index (χ0v) is 21.9. The molecule has 0 aliphatic carbocycles. The number of aromatic nitrogens is 4. The molecule has 0 radical (unpaired) electrons. The number of amides is 2. The minimum absolute atomic E-state index is 0.0373. The van der Waals surface area contributed by atoms with Crippen molar-refractivity contribution in [1.29, 1.82) is 0 Å². The minimum Gasteiger partial charge on any atom is -0.382 e. The van der Waals surface area contributed by atoms with Crippen molar-refractivity contribution < 1.29 is 27.9 Å². The molecule has 3 aromatic rings. The van der Waals surface area contributed by atoms with E-state index < -0.39 is 31.9 Å². The second-order valence-corrected chi connectivity index (χ2v) is 11.0. The van der Waals surface area contributed by atoms with E-state index in [-0.39, 0.29) is 37.1 Å². The molecule has 1 aliphatic rings. The van der Waals surface area contributed by atoms with Gasteiger partial charge in [0.2, 0.25) is 5.95 Å². The van der Waals surface area contributed by atoms with Gasteiger partial charge in [0.15, 0.2) is 11.5 Å². The van der Waals surface area contributed by atoms with Crippen LogP contribution in [0.3, 0.4) is 0 Å². The Morgan fingerprint density at radius 1 is 0.946 bits per heavy atom. The van der Waals surface area contributed by atoms with Crippen molar-refractivity contribution >= 4 is 42.3 Å². The number of carbonyl (C=O) groups is 2. The van der Waals surface area contributed by atoms with Gasteiger partial charge in [0.25, 0.3) is 11.8 Å². The molecule has 3 heterocycles. The Morgan fingerprint density at radius 3 is 2.11 bits per heavy atom. The van der Waals surface area contributed by atoms with Crippen LogP contribution < -0.4 is 11.5 Å². The van der Waals surface area contributed by atoms with Gasteiger partial charge >= 0.3 is 7.60 Å². The maximum atomic E-state index is 13.4. The van der Waals surface area contributed by atoms with Gasteiger partial charge in [0.1, 0.15) is 11.9 Å². The molecule has 0 fully saturated rings. The van der Waals surface area contributed by atoms with Gasteiger partial charge in [-0.1, -0.05) is 12.1 Å². The quantitative estimate of drug-likeness (QED) is 0.274. The van der Waals surface area contributed by atoms with E-state index in [4.69, 9.17) is 25.3 Å². The lowest BCUT2D eigenvalue weighted by molar-refractivity contribution is 0.0225. The van der Waals surface area contributed by atoms with Gasteiger partial charge < -0.3 is 29.8 Å². The summed E-state index contributed by atoms with van der Waals surface area (Å²) in [6.07, 6.45) is -0.533. The number of rotatable bonds is 11. The molecule has 0 bridgehead atoms. The first-order valence-corrected chi connectivity index (χ1v) is 13.5. The number of nitrogens with two attached hydrogens (primary N) is 2. The maximum Gasteiger partial charge on any atom is 0.356 e. The molecule has 14 heteroatoms. The fourth-order valence-electron chi connectivity index (χ4n) is 4.03. The number of carbonyl (C=O) groups excluding carboxylic acids is 2. The van der Waals surface area contributed by atoms with Crippen molar-refractivity contribution in [2.45, 2.75) is 52.6 Å². The topological polar surface area (TPSA) is 178 Å². The number of nitrogens with zero attached hydrogens (tertiary/aromatic N) is 5. The molecular weight excluding hydrogens is 501 g/mol. The molecule has 37 heavy (non-hydrogen) atoms. The lowest BCUT2D eigenvalue weighted by atomic mass is 10.1. The number of anilines is 2. The second-order valence-electron chi connectivity index (χ2n) is 9.14. The van der Waals surface area contributed by atoms with E-state index in [2.05, 4.69) is 15.0 Å². The van der Waals surface area contributed by atoms with Crippen molar-refractivity contribution in [1.82, 2.24) is 24.4 Å². The molecule has 1 unspecified atom stereocenters. The van der Waals surface area contributed by atoms with Gasteiger partial charge in [-0.3, -0.25) is 19.1 Å². The van der Waals surface area contributed by atoms with Crippen molar-refractivity contribution in [2.75, 3.05) is 24.4 Å². The van der Waals surface area contributed by atoms with Crippen LogP contribution in [-0.2, 0) is 24.9 Å². The van der Waals surface area contributed by atoms with Gasteiger partial charge in [-0.05, 0) is 39.8 Å². The van der Waals surface area contributed by atoms with Crippen molar-refractivity contribution in [2.24, 2.45) is 0 Å². The number of benzene rings is 1. The van der Waals surface area contributed by atoms with Gasteiger partial charge in [0, 0.05) is 0 Å². The number of hydrogen-bond donors (Lipinski definition) is 2. The molecule has 4 N–H and O–H groups in total. The first kappa shape index (κ1) is 26.7. The van der Waals surface area contributed by atoms with E-state index in [1.165, 1.54) is 6.33 Å². The fraction of sp³-hybridized carbons (Fsp3) is 0.435. The Bertz CT molecular complexity index is 1330. The van der Waals surface area contributed by atoms with E-state index in [0.29, 0.717) is 22.3 Å². The number of fused-ring (bicyclic) bond motifs is 2. The smallest absolute Gasteiger partial charge is 0.356 e.